The summed E-state index contributed by atoms with van der Waals surface area (Å²) in [5.41, 5.74) is 0.670. The van der Waals surface area contributed by atoms with Gasteiger partial charge in [0.2, 0.25) is 5.95 Å². The summed E-state index contributed by atoms with van der Waals surface area (Å²) in [6, 6.07) is 5.07. The Bertz CT molecular complexity index is 685. The number of anilines is 1. The fourth-order valence-corrected chi connectivity index (χ4v) is 2.63. The molecule has 3 N–H and O–H groups in total. The van der Waals surface area contributed by atoms with E-state index in [9.17, 15) is 9.18 Å². The molecule has 2 heterocycles. The maximum Gasteiger partial charge on any atom is 0.337 e. The van der Waals surface area contributed by atoms with Gasteiger partial charge in [-0.1, -0.05) is 0 Å². The number of hydrogen-bond acceptors (Lipinski definition) is 5. The van der Waals surface area contributed by atoms with Crippen LogP contribution >= 0.6 is 12.4 Å². The number of H-pyrrole nitrogens is 1. The van der Waals surface area contributed by atoms with Gasteiger partial charge in [-0.15, -0.1) is 12.4 Å². The lowest BCUT2D eigenvalue weighted by molar-refractivity contribution is 0.0601. The first-order chi connectivity index (χ1) is 10.6. The van der Waals surface area contributed by atoms with E-state index in [1.165, 1.54) is 7.11 Å². The van der Waals surface area contributed by atoms with Crippen molar-refractivity contribution in [1.82, 2.24) is 15.3 Å². The van der Waals surface area contributed by atoms with Crippen LogP contribution < -0.4 is 10.6 Å². The second kappa shape index (κ2) is 7.14. The minimum Gasteiger partial charge on any atom is -0.465 e. The highest BCUT2D eigenvalue weighted by Crippen LogP contribution is 2.24. The van der Waals surface area contributed by atoms with Crippen LogP contribution in [0.1, 0.15) is 23.2 Å². The summed E-state index contributed by atoms with van der Waals surface area (Å²) in [4.78, 5) is 18.9. The molecule has 1 aliphatic heterocycles. The second-order valence-corrected chi connectivity index (χ2v) is 5.56. The molecular weight excluding hydrogens is 323 g/mol. The maximum absolute atomic E-state index is 14.5. The third-order valence-electron chi connectivity index (χ3n) is 3.98. The van der Waals surface area contributed by atoms with Crippen molar-refractivity contribution in [2.75, 3.05) is 32.1 Å². The summed E-state index contributed by atoms with van der Waals surface area (Å²) in [7, 11) is 1.34. The van der Waals surface area contributed by atoms with Crippen LogP contribution in [-0.2, 0) is 4.74 Å². The van der Waals surface area contributed by atoms with E-state index in [-0.39, 0.29) is 19.0 Å². The van der Waals surface area contributed by atoms with Crippen LogP contribution in [0.5, 0.6) is 0 Å². The highest BCUT2D eigenvalue weighted by Gasteiger charge is 2.31. The fourth-order valence-electron chi connectivity index (χ4n) is 2.63. The van der Waals surface area contributed by atoms with Gasteiger partial charge < -0.3 is 20.4 Å². The van der Waals surface area contributed by atoms with Gasteiger partial charge in [0.1, 0.15) is 5.67 Å². The molecule has 0 spiro atoms. The Labute approximate surface area is 139 Å². The number of carbonyl (C=O) groups excluding carboxylic acids is 1. The number of methoxy groups -OCH3 is 1. The van der Waals surface area contributed by atoms with E-state index in [2.05, 4.69) is 25.3 Å². The summed E-state index contributed by atoms with van der Waals surface area (Å²) < 4.78 is 19.2. The van der Waals surface area contributed by atoms with Gasteiger partial charge in [-0.25, -0.2) is 14.2 Å². The van der Waals surface area contributed by atoms with Crippen LogP contribution in [0, 0.1) is 0 Å². The molecule has 0 unspecified atom stereocenters. The number of aromatic nitrogens is 2. The monoisotopic (exact) mass is 342 g/mol. The van der Waals surface area contributed by atoms with E-state index in [4.69, 9.17) is 0 Å². The molecule has 2 aromatic rings. The molecule has 0 bridgehead atoms. The molecule has 1 aromatic carbocycles. The SMILES string of the molecule is COC(=O)c1ccc2nc(NCC3(F)CCNCC3)[nH]c2c1.Cl. The van der Waals surface area contributed by atoms with E-state index < -0.39 is 11.6 Å². The molecule has 0 atom stereocenters. The minimum atomic E-state index is -1.21. The highest BCUT2D eigenvalue weighted by molar-refractivity contribution is 5.93. The Hall–Kier alpha value is -1.86. The van der Waals surface area contributed by atoms with Crippen LogP contribution in [0.2, 0.25) is 0 Å². The first kappa shape index (κ1) is 17.5. The van der Waals surface area contributed by atoms with Crippen LogP contribution in [0.15, 0.2) is 18.2 Å². The molecule has 1 aliphatic rings. The summed E-state index contributed by atoms with van der Waals surface area (Å²) >= 11 is 0. The van der Waals surface area contributed by atoms with Gasteiger partial charge in [0.15, 0.2) is 0 Å². The van der Waals surface area contributed by atoms with Gasteiger partial charge in [-0.05, 0) is 44.1 Å². The van der Waals surface area contributed by atoms with Crippen molar-refractivity contribution in [3.63, 3.8) is 0 Å². The van der Waals surface area contributed by atoms with Gasteiger partial charge in [0.25, 0.3) is 0 Å². The van der Waals surface area contributed by atoms with Crippen LogP contribution in [-0.4, -0.2) is 48.4 Å². The van der Waals surface area contributed by atoms with Gasteiger partial charge in [0.05, 0.1) is 30.3 Å². The zero-order valence-electron chi connectivity index (χ0n) is 12.8. The number of hydrogen-bond donors (Lipinski definition) is 3. The van der Waals surface area contributed by atoms with Gasteiger partial charge >= 0.3 is 5.97 Å². The van der Waals surface area contributed by atoms with Gasteiger partial charge in [-0.3, -0.25) is 0 Å². The van der Waals surface area contributed by atoms with Crippen LogP contribution in [0.3, 0.4) is 0 Å². The van der Waals surface area contributed by atoms with Crippen molar-refractivity contribution in [2.45, 2.75) is 18.5 Å². The Balaban J connectivity index is 0.00000192. The average Bonchev–Trinajstić information content (AvgIpc) is 2.95. The first-order valence-corrected chi connectivity index (χ1v) is 7.31. The van der Waals surface area contributed by atoms with E-state index in [1.54, 1.807) is 18.2 Å². The Morgan fingerprint density at radius 1 is 1.43 bits per heavy atom. The molecule has 0 aliphatic carbocycles. The van der Waals surface area contributed by atoms with Crippen molar-refractivity contribution in [3.8, 4) is 0 Å². The molecule has 8 heteroatoms. The fraction of sp³-hybridized carbons (Fsp3) is 0.467. The number of imidazole rings is 1. The Morgan fingerprint density at radius 2 is 2.17 bits per heavy atom. The van der Waals surface area contributed by atoms with Crippen LogP contribution in [0.4, 0.5) is 10.3 Å². The lowest BCUT2D eigenvalue weighted by atomic mass is 9.94. The minimum absolute atomic E-state index is 0. The van der Waals surface area contributed by atoms with Crippen LogP contribution in [0.25, 0.3) is 11.0 Å². The molecule has 3 rings (SSSR count). The molecule has 126 valence electrons. The summed E-state index contributed by atoms with van der Waals surface area (Å²) in [5, 5.41) is 6.17. The summed E-state index contributed by atoms with van der Waals surface area (Å²) in [6.07, 6.45) is 0.986. The van der Waals surface area contributed by atoms with E-state index in [0.717, 1.165) is 0 Å². The predicted octanol–water partition coefficient (Wildman–Crippen LogP) is 2.27. The largest absolute Gasteiger partial charge is 0.465 e. The lowest BCUT2D eigenvalue weighted by Crippen LogP contribution is -2.43. The molecule has 1 fully saturated rings. The number of carbonyl (C=O) groups is 1. The highest BCUT2D eigenvalue weighted by atomic mass is 35.5. The first-order valence-electron chi connectivity index (χ1n) is 7.31. The average molecular weight is 343 g/mol. The van der Waals surface area contributed by atoms with Gasteiger partial charge in [-0.2, -0.15) is 0 Å². The Kier molecular flexibility index (Phi) is 5.43. The lowest BCUT2D eigenvalue weighted by Gasteiger charge is -2.29. The number of esters is 1. The second-order valence-electron chi connectivity index (χ2n) is 5.56. The van der Waals surface area contributed by atoms with Crippen molar-refractivity contribution in [3.05, 3.63) is 23.8 Å². The number of nitrogens with zero attached hydrogens (tertiary/aromatic N) is 1. The number of benzene rings is 1. The van der Waals surface area contributed by atoms with Gasteiger partial charge in [0, 0.05) is 0 Å². The molecule has 6 nitrogen and oxygen atoms in total. The normalized spacial score (nSPS) is 16.6. The third-order valence-corrected chi connectivity index (χ3v) is 3.98. The number of halogens is 2. The molecular formula is C15H20ClFN4O2. The Morgan fingerprint density at radius 3 is 2.87 bits per heavy atom. The maximum atomic E-state index is 14.5. The zero-order valence-corrected chi connectivity index (χ0v) is 13.6. The summed E-state index contributed by atoms with van der Waals surface area (Å²) in [6.45, 7) is 1.61. The summed E-state index contributed by atoms with van der Waals surface area (Å²) in [5.74, 6) is 0.107. The smallest absolute Gasteiger partial charge is 0.337 e. The topological polar surface area (TPSA) is 79.0 Å². The van der Waals surface area contributed by atoms with Crippen molar-refractivity contribution in [1.29, 1.82) is 0 Å². The van der Waals surface area contributed by atoms with Crippen molar-refractivity contribution in [2.24, 2.45) is 0 Å². The van der Waals surface area contributed by atoms with E-state index in [1.807, 2.05) is 0 Å². The number of fused-ring (bicyclic) bond motifs is 1. The zero-order chi connectivity index (χ0) is 15.6. The third kappa shape index (κ3) is 3.92. The number of alkyl halides is 1. The molecule has 23 heavy (non-hydrogen) atoms. The predicted molar refractivity (Wildman–Crippen MR) is 89.1 cm³/mol. The number of nitrogens with one attached hydrogen (secondary N) is 3. The number of rotatable bonds is 4. The van der Waals surface area contributed by atoms with Crippen molar-refractivity contribution >= 4 is 35.4 Å². The molecule has 1 aromatic heterocycles. The quantitative estimate of drug-likeness (QED) is 0.743. The molecule has 0 saturated carbocycles. The van der Waals surface area contributed by atoms with Crippen molar-refractivity contribution < 1.29 is 13.9 Å². The number of ether oxygens (including phenoxy) is 1. The molecule has 0 amide bonds. The number of aromatic amines is 1. The standard InChI is InChI=1S/C15H19FN4O2.ClH/c1-22-13(21)10-2-3-11-12(8-10)20-14(19-11)18-9-15(16)4-6-17-7-5-15;/h2-3,8,17H,4-7,9H2,1H3,(H2,18,19,20);1H. The van der Waals surface area contributed by atoms with E-state index in [0.29, 0.717) is 48.5 Å². The molecule has 1 saturated heterocycles. The van der Waals surface area contributed by atoms with E-state index >= 15 is 0 Å². The molecule has 0 radical (unpaired) electrons. The number of piperidine rings is 1.